The lowest BCUT2D eigenvalue weighted by molar-refractivity contribution is -0.309. The van der Waals surface area contributed by atoms with E-state index in [2.05, 4.69) is 0 Å². The van der Waals surface area contributed by atoms with Crippen LogP contribution in [0.4, 0.5) is 0 Å². The van der Waals surface area contributed by atoms with Crippen molar-refractivity contribution >= 4 is 0 Å². The lowest BCUT2D eigenvalue weighted by Gasteiger charge is -2.40. The molecule has 8 heteroatoms. The van der Waals surface area contributed by atoms with E-state index in [4.69, 9.17) is 26.0 Å². The zero-order valence-corrected chi connectivity index (χ0v) is 9.35. The Bertz CT molecular complexity index is 224. The van der Waals surface area contributed by atoms with E-state index in [0.717, 1.165) is 0 Å². The van der Waals surface area contributed by atoms with E-state index in [1.54, 1.807) is 0 Å². The third kappa shape index (κ3) is 3.33. The van der Waals surface area contributed by atoms with Gasteiger partial charge in [0.1, 0.15) is 24.4 Å². The molecule has 1 saturated heterocycles. The summed E-state index contributed by atoms with van der Waals surface area (Å²) in [5, 5.41) is 37.6. The van der Waals surface area contributed by atoms with Crippen LogP contribution in [0.25, 0.3) is 0 Å². The molecule has 0 spiro atoms. The maximum atomic E-state index is 9.64. The zero-order valence-electron chi connectivity index (χ0n) is 9.35. The Balaban J connectivity index is 2.65. The molecule has 1 fully saturated rings. The molecule has 0 radical (unpaired) electrons. The van der Waals surface area contributed by atoms with Crippen LogP contribution in [0, 0.1) is 0 Å². The van der Waals surface area contributed by atoms with Gasteiger partial charge in [0.25, 0.3) is 0 Å². The van der Waals surface area contributed by atoms with Crippen molar-refractivity contribution < 1.29 is 29.9 Å². The quantitative estimate of drug-likeness (QED) is 0.290. The topological polar surface area (TPSA) is 151 Å². The molecular formula is C9H20N2O6. The van der Waals surface area contributed by atoms with Crippen LogP contribution in [0.2, 0.25) is 0 Å². The Morgan fingerprint density at radius 2 is 1.65 bits per heavy atom. The number of aliphatic hydroxyl groups is 4. The molecule has 0 aliphatic carbocycles. The van der Waals surface area contributed by atoms with Gasteiger partial charge in [-0.1, -0.05) is 0 Å². The summed E-state index contributed by atoms with van der Waals surface area (Å²) in [5.41, 5.74) is 10.7. The third-order valence-corrected chi connectivity index (χ3v) is 2.70. The standard InChI is InChI=1S/C9H20N2O6/c10-1-4(2-11)16-9-8(15)7(14)6(13)5(3-12)17-9/h4-9,12-15H,1-3,10-11H2/t5-,6-,7-,8+,9+/m1/s1. The summed E-state index contributed by atoms with van der Waals surface area (Å²) in [5.74, 6) is 0. The summed E-state index contributed by atoms with van der Waals surface area (Å²) in [6, 6.07) is 0. The third-order valence-electron chi connectivity index (χ3n) is 2.70. The smallest absolute Gasteiger partial charge is 0.187 e. The largest absolute Gasteiger partial charge is 0.394 e. The van der Waals surface area contributed by atoms with E-state index >= 15 is 0 Å². The van der Waals surface area contributed by atoms with Crippen molar-refractivity contribution in [2.75, 3.05) is 19.7 Å². The van der Waals surface area contributed by atoms with Crippen molar-refractivity contribution in [2.45, 2.75) is 36.8 Å². The first kappa shape index (κ1) is 14.7. The molecule has 17 heavy (non-hydrogen) atoms. The van der Waals surface area contributed by atoms with Crippen LogP contribution in [0.3, 0.4) is 0 Å². The highest BCUT2D eigenvalue weighted by molar-refractivity contribution is 4.89. The monoisotopic (exact) mass is 252 g/mol. The predicted molar refractivity (Wildman–Crippen MR) is 56.7 cm³/mol. The molecule has 0 bridgehead atoms. The Hall–Kier alpha value is -0.320. The van der Waals surface area contributed by atoms with Gasteiger partial charge in [-0.25, -0.2) is 0 Å². The summed E-state index contributed by atoms with van der Waals surface area (Å²) in [6.45, 7) is -0.238. The lowest BCUT2D eigenvalue weighted by atomic mass is 9.99. The van der Waals surface area contributed by atoms with Crippen molar-refractivity contribution in [3.05, 3.63) is 0 Å². The van der Waals surface area contributed by atoms with Gasteiger partial charge in [0.05, 0.1) is 12.7 Å². The van der Waals surface area contributed by atoms with E-state index in [0.29, 0.717) is 0 Å². The molecule has 5 atom stereocenters. The average molecular weight is 252 g/mol. The van der Waals surface area contributed by atoms with Gasteiger partial charge >= 0.3 is 0 Å². The molecule has 1 heterocycles. The SMILES string of the molecule is NCC(CN)O[C@H]1O[C@H](CO)[C@@H](O)[C@@H](O)[C@@H]1O. The molecule has 1 aliphatic heterocycles. The second-order valence-electron chi connectivity index (χ2n) is 3.93. The van der Waals surface area contributed by atoms with Gasteiger partial charge in [0, 0.05) is 13.1 Å². The van der Waals surface area contributed by atoms with E-state index in [9.17, 15) is 15.3 Å². The molecule has 0 aromatic rings. The molecular weight excluding hydrogens is 232 g/mol. The van der Waals surface area contributed by atoms with Crippen LogP contribution in [0.5, 0.6) is 0 Å². The number of hydrogen-bond acceptors (Lipinski definition) is 8. The Morgan fingerprint density at radius 1 is 1.06 bits per heavy atom. The molecule has 0 saturated carbocycles. The van der Waals surface area contributed by atoms with Gasteiger partial charge < -0.3 is 41.4 Å². The van der Waals surface area contributed by atoms with Crippen LogP contribution < -0.4 is 11.5 Å². The summed E-state index contributed by atoms with van der Waals surface area (Å²) in [7, 11) is 0. The minimum Gasteiger partial charge on any atom is -0.394 e. The average Bonchev–Trinajstić information content (AvgIpc) is 2.35. The van der Waals surface area contributed by atoms with Crippen molar-refractivity contribution in [2.24, 2.45) is 11.5 Å². The number of aliphatic hydroxyl groups excluding tert-OH is 4. The number of nitrogens with two attached hydrogens (primary N) is 2. The van der Waals surface area contributed by atoms with Crippen molar-refractivity contribution in [1.82, 2.24) is 0 Å². The molecule has 8 N–H and O–H groups in total. The predicted octanol–water partition coefficient (Wildman–Crippen LogP) is -3.91. The summed E-state index contributed by atoms with van der Waals surface area (Å²) in [6.07, 6.45) is -6.98. The first-order valence-electron chi connectivity index (χ1n) is 5.41. The minimum atomic E-state index is -1.46. The van der Waals surface area contributed by atoms with Crippen LogP contribution in [0.15, 0.2) is 0 Å². The Labute approximate surface area is 98.7 Å². The normalized spacial score (nSPS) is 38.6. The molecule has 0 unspecified atom stereocenters. The van der Waals surface area contributed by atoms with Gasteiger partial charge in [-0.2, -0.15) is 0 Å². The van der Waals surface area contributed by atoms with Crippen molar-refractivity contribution in [1.29, 1.82) is 0 Å². The summed E-state index contributed by atoms with van der Waals surface area (Å²) >= 11 is 0. The van der Waals surface area contributed by atoms with Crippen LogP contribution in [0.1, 0.15) is 0 Å². The molecule has 0 aromatic heterocycles. The minimum absolute atomic E-state index is 0.130. The Morgan fingerprint density at radius 3 is 2.12 bits per heavy atom. The fourth-order valence-electron chi connectivity index (χ4n) is 1.58. The molecule has 0 aromatic carbocycles. The number of rotatable bonds is 5. The second kappa shape index (κ2) is 6.57. The molecule has 1 aliphatic rings. The molecule has 1 rings (SSSR count). The highest BCUT2D eigenvalue weighted by atomic mass is 16.7. The van der Waals surface area contributed by atoms with Crippen molar-refractivity contribution in [3.8, 4) is 0 Å². The first-order valence-corrected chi connectivity index (χ1v) is 5.41. The van der Waals surface area contributed by atoms with Gasteiger partial charge in [0.2, 0.25) is 0 Å². The van der Waals surface area contributed by atoms with E-state index in [1.807, 2.05) is 0 Å². The van der Waals surface area contributed by atoms with Gasteiger partial charge in [-0.15, -0.1) is 0 Å². The van der Waals surface area contributed by atoms with Crippen LogP contribution in [-0.2, 0) is 9.47 Å². The fraction of sp³-hybridized carbons (Fsp3) is 1.00. The van der Waals surface area contributed by atoms with Gasteiger partial charge in [-0.05, 0) is 0 Å². The maximum absolute atomic E-state index is 9.64. The van der Waals surface area contributed by atoms with Gasteiger partial charge in [0.15, 0.2) is 6.29 Å². The van der Waals surface area contributed by atoms with Crippen LogP contribution in [-0.4, -0.2) is 76.9 Å². The molecule has 102 valence electrons. The maximum Gasteiger partial charge on any atom is 0.187 e. The highest BCUT2D eigenvalue weighted by Crippen LogP contribution is 2.22. The first-order chi connectivity index (χ1) is 8.04. The fourth-order valence-corrected chi connectivity index (χ4v) is 1.58. The van der Waals surface area contributed by atoms with E-state index in [-0.39, 0.29) is 13.1 Å². The Kier molecular flexibility index (Phi) is 5.70. The molecule has 8 nitrogen and oxygen atoms in total. The van der Waals surface area contributed by atoms with Crippen LogP contribution >= 0.6 is 0 Å². The highest BCUT2D eigenvalue weighted by Gasteiger charge is 2.44. The second-order valence-corrected chi connectivity index (χ2v) is 3.93. The summed E-state index contributed by atoms with van der Waals surface area (Å²) in [4.78, 5) is 0. The summed E-state index contributed by atoms with van der Waals surface area (Å²) < 4.78 is 10.4. The zero-order chi connectivity index (χ0) is 13.0. The van der Waals surface area contributed by atoms with E-state index < -0.39 is 43.4 Å². The van der Waals surface area contributed by atoms with E-state index in [1.165, 1.54) is 0 Å². The number of hydrogen-bond donors (Lipinski definition) is 6. The van der Waals surface area contributed by atoms with Gasteiger partial charge in [-0.3, -0.25) is 0 Å². The lowest BCUT2D eigenvalue weighted by Crippen LogP contribution is -2.60. The molecule has 0 amide bonds. The van der Waals surface area contributed by atoms with Crippen molar-refractivity contribution in [3.63, 3.8) is 0 Å². The number of ether oxygens (including phenoxy) is 2.